The number of benzene rings is 4. The minimum atomic E-state index is -1.02. The van der Waals surface area contributed by atoms with E-state index >= 15 is 17.6 Å². The van der Waals surface area contributed by atoms with E-state index in [2.05, 4.69) is 0 Å². The molecule has 6 rings (SSSR count). The van der Waals surface area contributed by atoms with Crippen molar-refractivity contribution in [3.8, 4) is 58.7 Å². The molecule has 0 heterocycles. The Labute approximate surface area is 258 Å². The predicted molar refractivity (Wildman–Crippen MR) is 156 cm³/mol. The quantitative estimate of drug-likeness (QED) is 0.169. The van der Waals surface area contributed by atoms with Crippen molar-refractivity contribution in [3.63, 3.8) is 0 Å². The lowest BCUT2D eigenvalue weighted by molar-refractivity contribution is 0.588. The molecule has 0 amide bonds. The Bertz CT molecular complexity index is 2230. The van der Waals surface area contributed by atoms with Crippen molar-refractivity contribution in [3.05, 3.63) is 128 Å². The highest BCUT2D eigenvalue weighted by atomic mass is 19.1. The second-order valence-electron chi connectivity index (χ2n) is 10.1. The molecular formula is C36H10F4N6. The smallest absolute Gasteiger partial charge is 0.138 e. The number of nitriles is 6. The Kier molecular flexibility index (Phi) is 6.77. The molecular weight excluding hydrogens is 592 g/mol. The zero-order valence-corrected chi connectivity index (χ0v) is 23.0. The topological polar surface area (TPSA) is 143 Å². The van der Waals surface area contributed by atoms with Gasteiger partial charge in [0.05, 0.1) is 34.4 Å². The summed E-state index contributed by atoms with van der Waals surface area (Å²) in [6, 6.07) is 22.6. The molecule has 0 atom stereocenters. The van der Waals surface area contributed by atoms with Crippen molar-refractivity contribution < 1.29 is 17.6 Å². The molecule has 2 aliphatic rings. The molecule has 4 aromatic carbocycles. The monoisotopic (exact) mass is 602 g/mol. The first-order chi connectivity index (χ1) is 22.2. The van der Waals surface area contributed by atoms with Gasteiger partial charge >= 0.3 is 0 Å². The van der Waals surface area contributed by atoms with Crippen LogP contribution < -0.4 is 0 Å². The fraction of sp³-hybridized carbons (Fsp3) is 0. The summed E-state index contributed by atoms with van der Waals surface area (Å²) in [4.78, 5) is 0. The van der Waals surface area contributed by atoms with Gasteiger partial charge in [0.1, 0.15) is 58.7 Å². The van der Waals surface area contributed by atoms with Gasteiger partial charge in [-0.3, -0.25) is 0 Å². The summed E-state index contributed by atoms with van der Waals surface area (Å²) in [6.45, 7) is 0. The Hall–Kier alpha value is -7.24. The molecule has 0 aromatic heterocycles. The number of allylic oxidation sites excluding steroid dienone is 6. The van der Waals surface area contributed by atoms with Crippen LogP contribution in [0, 0.1) is 91.3 Å². The van der Waals surface area contributed by atoms with E-state index in [-0.39, 0.29) is 66.8 Å². The van der Waals surface area contributed by atoms with Crippen LogP contribution in [0.4, 0.5) is 17.6 Å². The maximum Gasteiger partial charge on any atom is 0.138 e. The Morgan fingerprint density at radius 3 is 1.04 bits per heavy atom. The maximum absolute atomic E-state index is 15.0. The normalized spacial score (nSPS) is 12.0. The van der Waals surface area contributed by atoms with Crippen LogP contribution in [-0.2, 0) is 0 Å². The zero-order chi connectivity index (χ0) is 32.9. The summed E-state index contributed by atoms with van der Waals surface area (Å²) in [7, 11) is 0. The first-order valence-electron chi connectivity index (χ1n) is 13.1. The fourth-order valence-electron chi connectivity index (χ4n) is 5.93. The average molecular weight is 603 g/mol. The second kappa shape index (κ2) is 10.8. The number of hydrogen-bond donors (Lipinski definition) is 0. The van der Waals surface area contributed by atoms with Crippen LogP contribution in [0.25, 0.3) is 44.5 Å². The molecule has 0 fully saturated rings. The van der Waals surface area contributed by atoms with Crippen LogP contribution >= 0.6 is 0 Å². The third kappa shape index (κ3) is 4.12. The minimum absolute atomic E-state index is 0.0285. The van der Waals surface area contributed by atoms with Crippen LogP contribution in [0.2, 0.25) is 0 Å². The van der Waals surface area contributed by atoms with Gasteiger partial charge in [0.2, 0.25) is 0 Å². The molecule has 0 bridgehead atoms. The molecule has 0 spiro atoms. The van der Waals surface area contributed by atoms with Gasteiger partial charge in [-0.25, -0.2) is 17.6 Å². The Morgan fingerprint density at radius 1 is 0.435 bits per heavy atom. The van der Waals surface area contributed by atoms with E-state index in [9.17, 15) is 21.0 Å². The SMILES string of the molecule is N#CC(C#N)=C1C2=C(C(=C(C#N)C#N)c3cc(-c4c(F)cc(C#N)cc4F)ccc32)c2ccc(-c3c(F)cc(C#N)cc3F)cc21. The third-order valence-electron chi connectivity index (χ3n) is 7.73. The summed E-state index contributed by atoms with van der Waals surface area (Å²) in [5.41, 5.74) is -0.284. The number of hydrogen-bond acceptors (Lipinski definition) is 6. The lowest BCUT2D eigenvalue weighted by atomic mass is 9.86. The van der Waals surface area contributed by atoms with Crippen molar-refractivity contribution in [2.45, 2.75) is 0 Å². The number of rotatable bonds is 2. The van der Waals surface area contributed by atoms with Crippen LogP contribution in [0.3, 0.4) is 0 Å². The van der Waals surface area contributed by atoms with E-state index in [0.717, 1.165) is 24.3 Å². The molecule has 0 N–H and O–H groups in total. The van der Waals surface area contributed by atoms with Crippen molar-refractivity contribution in [1.29, 1.82) is 31.6 Å². The third-order valence-corrected chi connectivity index (χ3v) is 7.73. The molecule has 2 aliphatic carbocycles. The van der Waals surface area contributed by atoms with Gasteiger partial charge in [-0.05, 0) is 69.8 Å². The standard InChI is InChI=1S/C36H10F4N6/c37-27-5-17(11-41)6-28(38)33(27)19-1-3-23-25(9-19)31(21(13-43)14-44)36-24-4-2-20(34-29(39)7-18(12-42)8-30(34)40)10-26(24)32(35(23)36)22(15-45)16-46/h1-10H. The van der Waals surface area contributed by atoms with E-state index in [1.54, 1.807) is 12.1 Å². The Balaban J connectivity index is 1.65. The summed E-state index contributed by atoms with van der Waals surface area (Å²) in [5.74, 6) is -4.06. The van der Waals surface area contributed by atoms with Gasteiger partial charge in [-0.15, -0.1) is 0 Å². The molecule has 6 nitrogen and oxygen atoms in total. The molecule has 0 saturated carbocycles. The second-order valence-corrected chi connectivity index (χ2v) is 10.1. The zero-order valence-electron chi connectivity index (χ0n) is 23.0. The van der Waals surface area contributed by atoms with Crippen molar-refractivity contribution >= 4 is 22.3 Å². The maximum atomic E-state index is 15.0. The van der Waals surface area contributed by atoms with Crippen molar-refractivity contribution in [1.82, 2.24) is 0 Å². The lowest BCUT2D eigenvalue weighted by Gasteiger charge is -2.15. The summed E-state index contributed by atoms with van der Waals surface area (Å²) in [5, 5.41) is 58.0. The first kappa shape index (κ1) is 28.9. The number of fused-ring (bicyclic) bond motifs is 4. The summed E-state index contributed by atoms with van der Waals surface area (Å²) < 4.78 is 60.1. The van der Waals surface area contributed by atoms with Crippen LogP contribution in [-0.4, -0.2) is 0 Å². The molecule has 10 heteroatoms. The van der Waals surface area contributed by atoms with Gasteiger partial charge in [-0.2, -0.15) is 31.6 Å². The molecule has 212 valence electrons. The number of halogens is 4. The molecule has 0 aliphatic heterocycles. The highest BCUT2D eigenvalue weighted by Gasteiger charge is 2.40. The van der Waals surface area contributed by atoms with Crippen molar-refractivity contribution in [2.75, 3.05) is 0 Å². The van der Waals surface area contributed by atoms with Crippen LogP contribution in [0.15, 0.2) is 71.8 Å². The summed E-state index contributed by atoms with van der Waals surface area (Å²) >= 11 is 0. The van der Waals surface area contributed by atoms with E-state index in [0.29, 0.717) is 11.1 Å². The largest absolute Gasteiger partial charge is 0.206 e. The Morgan fingerprint density at radius 2 is 0.761 bits per heavy atom. The first-order valence-corrected chi connectivity index (χ1v) is 13.1. The molecule has 4 aromatic rings. The van der Waals surface area contributed by atoms with Gasteiger partial charge in [0, 0.05) is 22.3 Å². The number of nitrogens with zero attached hydrogens (tertiary/aromatic N) is 6. The molecule has 46 heavy (non-hydrogen) atoms. The molecule has 0 unspecified atom stereocenters. The molecule has 0 radical (unpaired) electrons. The van der Waals surface area contributed by atoms with Gasteiger partial charge in [-0.1, -0.05) is 24.3 Å². The highest BCUT2D eigenvalue weighted by molar-refractivity contribution is 6.38. The van der Waals surface area contributed by atoms with E-state index < -0.39 is 34.4 Å². The van der Waals surface area contributed by atoms with E-state index in [4.69, 9.17) is 10.5 Å². The van der Waals surface area contributed by atoms with Crippen molar-refractivity contribution in [2.24, 2.45) is 0 Å². The van der Waals surface area contributed by atoms with Crippen LogP contribution in [0.1, 0.15) is 33.4 Å². The van der Waals surface area contributed by atoms with Gasteiger partial charge in [0.15, 0.2) is 0 Å². The summed E-state index contributed by atoms with van der Waals surface area (Å²) in [6.07, 6.45) is 0. The van der Waals surface area contributed by atoms with Gasteiger partial charge < -0.3 is 0 Å². The fourth-order valence-corrected chi connectivity index (χ4v) is 5.93. The van der Waals surface area contributed by atoms with Gasteiger partial charge in [0.25, 0.3) is 0 Å². The highest BCUT2D eigenvalue weighted by Crippen LogP contribution is 2.60. The van der Waals surface area contributed by atoms with Crippen LogP contribution in [0.5, 0.6) is 0 Å². The molecule has 0 saturated heterocycles. The minimum Gasteiger partial charge on any atom is -0.206 e. The average Bonchev–Trinajstić information content (AvgIpc) is 3.54. The van der Waals surface area contributed by atoms with E-state index in [1.165, 1.54) is 36.4 Å². The lowest BCUT2D eigenvalue weighted by Crippen LogP contribution is -1.99. The predicted octanol–water partition coefficient (Wildman–Crippen LogP) is 7.86. The van der Waals surface area contributed by atoms with E-state index in [1.807, 2.05) is 24.3 Å².